The van der Waals surface area contributed by atoms with Crippen LogP contribution in [0, 0.1) is 6.92 Å². The maximum atomic E-state index is 12.7. The van der Waals surface area contributed by atoms with E-state index >= 15 is 0 Å². The third-order valence-corrected chi connectivity index (χ3v) is 4.90. The van der Waals surface area contributed by atoms with E-state index < -0.39 is 5.60 Å². The molecule has 25 heavy (non-hydrogen) atoms. The summed E-state index contributed by atoms with van der Waals surface area (Å²) < 4.78 is 3.39. The van der Waals surface area contributed by atoms with Gasteiger partial charge < -0.3 is 5.11 Å². The number of rotatable bonds is 3. The lowest BCUT2D eigenvalue weighted by Gasteiger charge is -2.19. The van der Waals surface area contributed by atoms with Gasteiger partial charge in [-0.3, -0.25) is 4.79 Å². The van der Waals surface area contributed by atoms with E-state index in [0.29, 0.717) is 29.8 Å². The van der Waals surface area contributed by atoms with Gasteiger partial charge in [-0.05, 0) is 49.9 Å². The molecule has 1 aliphatic carbocycles. The second kappa shape index (κ2) is 5.39. The molecule has 1 aromatic carbocycles. The maximum Gasteiger partial charge on any atom is 0.278 e. The first-order valence-electron chi connectivity index (χ1n) is 8.34. The Morgan fingerprint density at radius 1 is 1.44 bits per heavy atom. The number of aromatic nitrogens is 4. The molecule has 1 unspecified atom stereocenters. The summed E-state index contributed by atoms with van der Waals surface area (Å²) in [4.78, 5) is 21.4. The van der Waals surface area contributed by atoms with E-state index in [4.69, 9.17) is 0 Å². The average Bonchev–Trinajstić information content (AvgIpc) is 3.02. The van der Waals surface area contributed by atoms with Crippen molar-refractivity contribution in [1.29, 1.82) is 0 Å². The van der Waals surface area contributed by atoms with Crippen LogP contribution in [0.1, 0.15) is 30.3 Å². The third kappa shape index (κ3) is 2.33. The number of benzene rings is 1. The maximum absolute atomic E-state index is 12.7. The Bertz CT molecular complexity index is 1060. The number of allylic oxidation sites excluding steroid dienone is 1. The van der Waals surface area contributed by atoms with E-state index in [2.05, 4.69) is 16.5 Å². The lowest BCUT2D eigenvalue weighted by molar-refractivity contribution is 0.0594. The van der Waals surface area contributed by atoms with Gasteiger partial charge in [-0.15, -0.1) is 6.58 Å². The molecule has 1 aliphatic rings. The standard InChI is InChI=1S/C19H20N4O2/c1-4-9-22-18(24)15-11-20-12(2)21-17(15)23(22)14-6-5-13-7-8-19(3,25)16(13)10-14/h4-6,10-11,25H,1,7-9H2,2-3H3. The fourth-order valence-electron chi connectivity index (χ4n) is 3.59. The highest BCUT2D eigenvalue weighted by Gasteiger charge is 2.32. The van der Waals surface area contributed by atoms with Crippen molar-refractivity contribution in [1.82, 2.24) is 19.3 Å². The first-order valence-corrected chi connectivity index (χ1v) is 8.34. The molecule has 6 heteroatoms. The predicted molar refractivity (Wildman–Crippen MR) is 96.0 cm³/mol. The second-order valence-electron chi connectivity index (χ2n) is 6.76. The van der Waals surface area contributed by atoms with Crippen LogP contribution in [0.4, 0.5) is 0 Å². The normalized spacial score (nSPS) is 19.3. The minimum atomic E-state index is -0.844. The summed E-state index contributed by atoms with van der Waals surface area (Å²) in [5.74, 6) is 0.602. The van der Waals surface area contributed by atoms with Gasteiger partial charge in [0.15, 0.2) is 5.65 Å². The van der Waals surface area contributed by atoms with Gasteiger partial charge >= 0.3 is 0 Å². The van der Waals surface area contributed by atoms with Gasteiger partial charge in [0, 0.05) is 6.20 Å². The van der Waals surface area contributed by atoms with Gasteiger partial charge in [-0.1, -0.05) is 12.1 Å². The van der Waals surface area contributed by atoms with E-state index in [-0.39, 0.29) is 5.56 Å². The number of hydrogen-bond donors (Lipinski definition) is 1. The Kier molecular flexibility index (Phi) is 3.40. The van der Waals surface area contributed by atoms with Crippen LogP contribution < -0.4 is 5.56 Å². The summed E-state index contributed by atoms with van der Waals surface area (Å²) in [6.07, 6.45) is 4.81. The highest BCUT2D eigenvalue weighted by Crippen LogP contribution is 2.37. The van der Waals surface area contributed by atoms with Gasteiger partial charge in [0.25, 0.3) is 5.56 Å². The molecule has 0 amide bonds. The quantitative estimate of drug-likeness (QED) is 0.745. The van der Waals surface area contributed by atoms with Gasteiger partial charge in [0.1, 0.15) is 11.2 Å². The molecule has 1 N–H and O–H groups in total. The monoisotopic (exact) mass is 336 g/mol. The third-order valence-electron chi connectivity index (χ3n) is 4.90. The molecule has 128 valence electrons. The lowest BCUT2D eigenvalue weighted by Crippen LogP contribution is -2.22. The second-order valence-corrected chi connectivity index (χ2v) is 6.76. The summed E-state index contributed by atoms with van der Waals surface area (Å²) >= 11 is 0. The van der Waals surface area contributed by atoms with Gasteiger partial charge in [0.05, 0.1) is 17.8 Å². The predicted octanol–water partition coefficient (Wildman–Crippen LogP) is 2.23. The van der Waals surface area contributed by atoms with Crippen molar-refractivity contribution < 1.29 is 5.11 Å². The fourth-order valence-corrected chi connectivity index (χ4v) is 3.59. The summed E-state index contributed by atoms with van der Waals surface area (Å²) in [6.45, 7) is 7.75. The molecule has 0 saturated carbocycles. The summed E-state index contributed by atoms with van der Waals surface area (Å²) in [5, 5.41) is 11.1. The van der Waals surface area contributed by atoms with Crippen LogP contribution in [0.3, 0.4) is 0 Å². The van der Waals surface area contributed by atoms with E-state index in [1.165, 1.54) is 0 Å². The van der Waals surface area contributed by atoms with E-state index in [9.17, 15) is 9.90 Å². The first kappa shape index (κ1) is 15.8. The molecule has 2 heterocycles. The van der Waals surface area contributed by atoms with Crippen molar-refractivity contribution in [3.8, 4) is 5.69 Å². The van der Waals surface area contributed by atoms with Crippen LogP contribution in [0.2, 0.25) is 0 Å². The Hall–Kier alpha value is -2.73. The number of nitrogens with zero attached hydrogens (tertiary/aromatic N) is 4. The van der Waals surface area contributed by atoms with E-state index in [1.54, 1.807) is 28.6 Å². The zero-order valence-electron chi connectivity index (χ0n) is 14.4. The molecular formula is C19H20N4O2. The zero-order chi connectivity index (χ0) is 17.8. The van der Waals surface area contributed by atoms with Crippen LogP contribution in [0.25, 0.3) is 16.7 Å². The van der Waals surface area contributed by atoms with Gasteiger partial charge in [-0.2, -0.15) is 0 Å². The van der Waals surface area contributed by atoms with Crippen molar-refractivity contribution >= 4 is 11.0 Å². The summed E-state index contributed by atoms with van der Waals surface area (Å²) in [5.41, 5.74) is 2.43. The molecule has 2 aromatic heterocycles. The first-order chi connectivity index (χ1) is 11.9. The average molecular weight is 336 g/mol. The highest BCUT2D eigenvalue weighted by molar-refractivity contribution is 5.75. The van der Waals surface area contributed by atoms with Crippen molar-refractivity contribution in [2.45, 2.75) is 38.8 Å². The molecule has 0 radical (unpaired) electrons. The van der Waals surface area contributed by atoms with E-state index in [0.717, 1.165) is 23.2 Å². The SMILES string of the molecule is C=CCn1c(=O)c2cnc(C)nc2n1-c1ccc2c(c1)C(C)(O)CC2. The van der Waals surface area contributed by atoms with Gasteiger partial charge in [-0.25, -0.2) is 19.3 Å². The zero-order valence-corrected chi connectivity index (χ0v) is 14.4. The smallest absolute Gasteiger partial charge is 0.278 e. The molecule has 0 spiro atoms. The van der Waals surface area contributed by atoms with Crippen LogP contribution in [-0.2, 0) is 18.6 Å². The van der Waals surface area contributed by atoms with Crippen LogP contribution in [0.15, 0.2) is 41.8 Å². The van der Waals surface area contributed by atoms with Gasteiger partial charge in [0.2, 0.25) is 0 Å². The largest absolute Gasteiger partial charge is 0.385 e. The lowest BCUT2D eigenvalue weighted by atomic mass is 9.98. The minimum Gasteiger partial charge on any atom is -0.385 e. The molecule has 4 rings (SSSR count). The number of aliphatic hydroxyl groups is 1. The Morgan fingerprint density at radius 2 is 2.24 bits per heavy atom. The number of hydrogen-bond acceptors (Lipinski definition) is 4. The van der Waals surface area contributed by atoms with Crippen LogP contribution in [-0.4, -0.2) is 24.4 Å². The van der Waals surface area contributed by atoms with Crippen molar-refractivity contribution in [3.05, 3.63) is 64.4 Å². The van der Waals surface area contributed by atoms with Crippen molar-refractivity contribution in [2.75, 3.05) is 0 Å². The molecule has 0 saturated heterocycles. The minimum absolute atomic E-state index is 0.151. The van der Waals surface area contributed by atoms with E-state index in [1.807, 2.05) is 25.1 Å². The van der Waals surface area contributed by atoms with Crippen molar-refractivity contribution in [2.24, 2.45) is 0 Å². The Morgan fingerprint density at radius 3 is 3.00 bits per heavy atom. The molecule has 1 atom stereocenters. The van der Waals surface area contributed by atoms with Crippen LogP contribution >= 0.6 is 0 Å². The molecule has 0 bridgehead atoms. The topological polar surface area (TPSA) is 72.9 Å². The Labute approximate surface area is 145 Å². The van der Waals surface area contributed by atoms with Crippen molar-refractivity contribution in [3.63, 3.8) is 0 Å². The molecular weight excluding hydrogens is 316 g/mol. The van der Waals surface area contributed by atoms with Crippen LogP contribution in [0.5, 0.6) is 0 Å². The molecule has 6 nitrogen and oxygen atoms in total. The molecule has 0 fully saturated rings. The number of fused-ring (bicyclic) bond motifs is 2. The fraction of sp³-hybridized carbons (Fsp3) is 0.316. The number of aryl methyl sites for hydroxylation is 2. The molecule has 0 aliphatic heterocycles. The summed E-state index contributed by atoms with van der Waals surface area (Å²) in [7, 11) is 0. The highest BCUT2D eigenvalue weighted by atomic mass is 16.3. The summed E-state index contributed by atoms with van der Waals surface area (Å²) in [6, 6.07) is 5.95. The molecule has 3 aromatic rings. The Balaban J connectivity index is 2.04.